The van der Waals surface area contributed by atoms with E-state index in [4.69, 9.17) is 4.74 Å². The first-order valence-corrected chi connectivity index (χ1v) is 6.13. The summed E-state index contributed by atoms with van der Waals surface area (Å²) < 4.78 is 5.38. The van der Waals surface area contributed by atoms with Crippen LogP contribution < -0.4 is 0 Å². The summed E-state index contributed by atoms with van der Waals surface area (Å²) in [6.45, 7) is 0. The van der Waals surface area contributed by atoms with E-state index in [0.717, 1.165) is 19.1 Å². The number of thioether (sulfide) groups is 2. The maximum absolute atomic E-state index is 10.7. The fourth-order valence-electron chi connectivity index (χ4n) is 1.02. The summed E-state index contributed by atoms with van der Waals surface area (Å²) in [4.78, 5) is 11.3. The molecule has 0 aromatic heterocycles. The van der Waals surface area contributed by atoms with Crippen LogP contribution in [0.1, 0.15) is 12.8 Å². The van der Waals surface area contributed by atoms with Crippen LogP contribution in [0.3, 0.4) is 0 Å². The number of carbonyl (C=O) groups excluding carboxylic acids is 1. The average molecular weight is 204 g/mol. The fourth-order valence-corrected chi connectivity index (χ4v) is 2.01. The van der Waals surface area contributed by atoms with Gasteiger partial charge in [0.1, 0.15) is 0 Å². The van der Waals surface area contributed by atoms with Crippen molar-refractivity contribution in [1.29, 1.82) is 0 Å². The molecule has 0 bridgehead atoms. The van der Waals surface area contributed by atoms with E-state index < -0.39 is 4.93 Å². The summed E-state index contributed by atoms with van der Waals surface area (Å²) in [5, 5.41) is 0. The van der Waals surface area contributed by atoms with Gasteiger partial charge in [-0.15, -0.1) is 23.5 Å². The molecular formula is C8H12O2S2. The molecule has 68 valence electrons. The van der Waals surface area contributed by atoms with Gasteiger partial charge in [0, 0.05) is 11.3 Å². The van der Waals surface area contributed by atoms with Crippen molar-refractivity contribution in [2.45, 2.75) is 17.8 Å². The van der Waals surface area contributed by atoms with E-state index in [1.807, 2.05) is 12.5 Å². The molecule has 0 amide bonds. The monoisotopic (exact) mass is 204 g/mol. The van der Waals surface area contributed by atoms with Crippen LogP contribution in [-0.2, 0) is 9.53 Å². The average Bonchev–Trinajstić information content (AvgIpc) is 2.18. The van der Waals surface area contributed by atoms with Crippen LogP contribution in [-0.4, -0.2) is 23.7 Å². The smallest absolute Gasteiger partial charge is 0.209 e. The molecule has 4 heteroatoms. The number of carbonyl (C=O) groups is 1. The minimum atomic E-state index is -0.612. The second-order valence-corrected chi connectivity index (χ2v) is 4.57. The molecule has 1 heterocycles. The number of aldehydes is 1. The van der Waals surface area contributed by atoms with Crippen molar-refractivity contribution in [1.82, 2.24) is 0 Å². The lowest BCUT2D eigenvalue weighted by Crippen LogP contribution is -2.30. The van der Waals surface area contributed by atoms with Crippen molar-refractivity contribution in [2.24, 2.45) is 0 Å². The molecule has 1 unspecified atom stereocenters. The third-order valence-electron chi connectivity index (χ3n) is 1.90. The topological polar surface area (TPSA) is 26.3 Å². The lowest BCUT2D eigenvalue weighted by Gasteiger charge is -2.29. The summed E-state index contributed by atoms with van der Waals surface area (Å²) in [7, 11) is 0. The molecule has 0 aromatic carbocycles. The van der Waals surface area contributed by atoms with Crippen molar-refractivity contribution in [2.75, 3.05) is 12.5 Å². The van der Waals surface area contributed by atoms with Crippen molar-refractivity contribution in [3.05, 3.63) is 11.2 Å². The van der Waals surface area contributed by atoms with Gasteiger partial charge in [-0.2, -0.15) is 0 Å². The predicted molar refractivity (Wildman–Crippen MR) is 54.2 cm³/mol. The molecule has 2 nitrogen and oxygen atoms in total. The van der Waals surface area contributed by atoms with Crippen LogP contribution in [0.25, 0.3) is 0 Å². The molecule has 1 atom stereocenters. The summed E-state index contributed by atoms with van der Waals surface area (Å²) >= 11 is 3.14. The standard InChI is InChI=1S/C8H12O2S2/c1-11-7-3-4-8(6-9,12-2)10-5-7/h5-6H,3-4H2,1-2H3. The highest BCUT2D eigenvalue weighted by Crippen LogP contribution is 2.36. The minimum Gasteiger partial charge on any atom is -0.476 e. The van der Waals surface area contributed by atoms with Crippen LogP contribution in [0.4, 0.5) is 0 Å². The summed E-state index contributed by atoms with van der Waals surface area (Å²) in [6.07, 6.45) is 8.24. The molecule has 0 N–H and O–H groups in total. The fraction of sp³-hybridized carbons (Fsp3) is 0.625. The molecular weight excluding hydrogens is 192 g/mol. The zero-order valence-corrected chi connectivity index (χ0v) is 8.83. The summed E-state index contributed by atoms with van der Waals surface area (Å²) in [5.41, 5.74) is 0. The molecule has 0 saturated heterocycles. The Morgan fingerprint density at radius 1 is 1.67 bits per heavy atom. The van der Waals surface area contributed by atoms with Crippen molar-refractivity contribution >= 4 is 29.8 Å². The number of hydrogen-bond donors (Lipinski definition) is 0. The minimum absolute atomic E-state index is 0.612. The first-order chi connectivity index (χ1) is 5.76. The molecule has 0 radical (unpaired) electrons. The molecule has 0 spiro atoms. The number of allylic oxidation sites excluding steroid dienone is 1. The first-order valence-electron chi connectivity index (χ1n) is 3.68. The second-order valence-electron chi connectivity index (χ2n) is 2.54. The highest BCUT2D eigenvalue weighted by molar-refractivity contribution is 8.02. The van der Waals surface area contributed by atoms with E-state index in [2.05, 4.69) is 0 Å². The first kappa shape index (κ1) is 9.99. The van der Waals surface area contributed by atoms with Gasteiger partial charge in [0.05, 0.1) is 6.26 Å². The normalized spacial score (nSPS) is 29.0. The largest absolute Gasteiger partial charge is 0.476 e. The number of ether oxygens (including phenoxy) is 1. The van der Waals surface area contributed by atoms with E-state index in [9.17, 15) is 4.79 Å². The van der Waals surface area contributed by atoms with Crippen molar-refractivity contribution in [3.63, 3.8) is 0 Å². The Morgan fingerprint density at radius 2 is 2.42 bits per heavy atom. The molecule has 0 aromatic rings. The van der Waals surface area contributed by atoms with Crippen LogP contribution in [0.5, 0.6) is 0 Å². The quantitative estimate of drug-likeness (QED) is 0.659. The molecule has 1 aliphatic rings. The van der Waals surface area contributed by atoms with Gasteiger partial charge >= 0.3 is 0 Å². The molecule has 0 aliphatic carbocycles. The SMILES string of the molecule is CSC1=COC(C=O)(SC)CC1. The molecule has 1 rings (SSSR count). The van der Waals surface area contributed by atoms with Gasteiger partial charge in [0.15, 0.2) is 6.29 Å². The van der Waals surface area contributed by atoms with Crippen LogP contribution in [0.15, 0.2) is 11.2 Å². The maximum Gasteiger partial charge on any atom is 0.209 e. The van der Waals surface area contributed by atoms with E-state index in [-0.39, 0.29) is 0 Å². The maximum atomic E-state index is 10.7. The van der Waals surface area contributed by atoms with Crippen molar-refractivity contribution < 1.29 is 9.53 Å². The van der Waals surface area contributed by atoms with Crippen LogP contribution in [0.2, 0.25) is 0 Å². The van der Waals surface area contributed by atoms with E-state index in [0.29, 0.717) is 0 Å². The molecule has 1 aliphatic heterocycles. The van der Waals surface area contributed by atoms with Gasteiger partial charge in [-0.25, -0.2) is 0 Å². The highest BCUT2D eigenvalue weighted by Gasteiger charge is 2.32. The van der Waals surface area contributed by atoms with Gasteiger partial charge in [-0.1, -0.05) is 0 Å². The number of rotatable bonds is 3. The Balaban J connectivity index is 2.65. The predicted octanol–water partition coefficient (Wildman–Crippen LogP) is 2.26. The lowest BCUT2D eigenvalue weighted by atomic mass is 10.2. The van der Waals surface area contributed by atoms with E-state index in [1.165, 1.54) is 16.7 Å². The van der Waals surface area contributed by atoms with Gasteiger partial charge in [-0.3, -0.25) is 4.79 Å². The molecule has 0 saturated carbocycles. The third kappa shape index (κ3) is 1.98. The van der Waals surface area contributed by atoms with Crippen molar-refractivity contribution in [3.8, 4) is 0 Å². The van der Waals surface area contributed by atoms with Gasteiger partial charge in [-0.05, 0) is 18.9 Å². The Bertz CT molecular complexity index is 203. The summed E-state index contributed by atoms with van der Waals surface area (Å²) in [5.74, 6) is 0. The molecule has 0 fully saturated rings. The Hall–Kier alpha value is -0.0900. The highest BCUT2D eigenvalue weighted by atomic mass is 32.2. The lowest BCUT2D eigenvalue weighted by molar-refractivity contribution is -0.118. The van der Waals surface area contributed by atoms with E-state index >= 15 is 0 Å². The number of hydrogen-bond acceptors (Lipinski definition) is 4. The molecule has 12 heavy (non-hydrogen) atoms. The Kier molecular flexibility index (Phi) is 3.53. The zero-order chi connectivity index (χ0) is 9.03. The van der Waals surface area contributed by atoms with Gasteiger partial charge < -0.3 is 4.74 Å². The Labute approximate surface area is 81.1 Å². The van der Waals surface area contributed by atoms with Gasteiger partial charge in [0.2, 0.25) is 4.93 Å². The third-order valence-corrected chi connectivity index (χ3v) is 3.81. The van der Waals surface area contributed by atoms with Gasteiger partial charge in [0.25, 0.3) is 0 Å². The van der Waals surface area contributed by atoms with E-state index in [1.54, 1.807) is 18.0 Å². The van der Waals surface area contributed by atoms with Crippen LogP contribution >= 0.6 is 23.5 Å². The second kappa shape index (κ2) is 4.23. The zero-order valence-electron chi connectivity index (χ0n) is 7.20. The Morgan fingerprint density at radius 3 is 2.75 bits per heavy atom. The summed E-state index contributed by atoms with van der Waals surface area (Å²) in [6, 6.07) is 0. The van der Waals surface area contributed by atoms with Crippen LogP contribution in [0, 0.1) is 0 Å².